The molecular formula is C26H32BN5O8. The zero-order chi connectivity index (χ0) is 29.3. The van der Waals surface area contributed by atoms with E-state index in [1.54, 1.807) is 24.3 Å². The highest BCUT2D eigenvalue weighted by atomic mass is 16.6. The monoisotopic (exact) mass is 553 g/mol. The van der Waals surface area contributed by atoms with Crippen molar-refractivity contribution in [3.05, 3.63) is 60.2 Å². The van der Waals surface area contributed by atoms with Gasteiger partial charge in [0.2, 0.25) is 11.8 Å². The maximum atomic E-state index is 13.6. The zero-order valence-electron chi connectivity index (χ0n) is 22.5. The lowest BCUT2D eigenvalue weighted by atomic mass is 9.70. The summed E-state index contributed by atoms with van der Waals surface area (Å²) in [4.78, 5) is 71.1. The van der Waals surface area contributed by atoms with Crippen LogP contribution in [-0.2, 0) is 34.9 Å². The van der Waals surface area contributed by atoms with E-state index in [4.69, 9.17) is 9.31 Å². The summed E-state index contributed by atoms with van der Waals surface area (Å²) in [7, 11) is -0.165. The van der Waals surface area contributed by atoms with Gasteiger partial charge in [-0.15, -0.1) is 0 Å². The Morgan fingerprint density at radius 2 is 1.85 bits per heavy atom. The fourth-order valence-electron chi connectivity index (χ4n) is 4.25. The van der Waals surface area contributed by atoms with Crippen LogP contribution in [0.3, 0.4) is 0 Å². The van der Waals surface area contributed by atoms with Gasteiger partial charge >= 0.3 is 13.1 Å². The molecule has 4 N–H and O–H groups in total. The van der Waals surface area contributed by atoms with Gasteiger partial charge in [0, 0.05) is 25.9 Å². The molecule has 2 unspecified atom stereocenters. The molecule has 40 heavy (non-hydrogen) atoms. The van der Waals surface area contributed by atoms with Gasteiger partial charge < -0.3 is 30.4 Å². The Bertz CT molecular complexity index is 1220. The number of aromatic nitrogens is 2. The first-order chi connectivity index (χ1) is 19.0. The van der Waals surface area contributed by atoms with E-state index in [9.17, 15) is 29.1 Å². The first kappa shape index (κ1) is 30.2. The van der Waals surface area contributed by atoms with Gasteiger partial charge in [0.15, 0.2) is 5.60 Å². The lowest BCUT2D eigenvalue weighted by Crippen LogP contribution is -2.63. The number of aliphatic carboxylic acids is 1. The molecule has 1 aliphatic heterocycles. The molecule has 1 aromatic carbocycles. The Kier molecular flexibility index (Phi) is 10.3. The maximum Gasteiger partial charge on any atom is 0.552 e. The number of carboxylic acids is 1. The highest BCUT2D eigenvalue weighted by molar-refractivity contribution is 6.50. The number of nitrogens with one attached hydrogen (secondary N) is 3. The van der Waals surface area contributed by atoms with Crippen LogP contribution in [0.4, 0.5) is 0 Å². The second-order valence-electron chi connectivity index (χ2n) is 9.85. The van der Waals surface area contributed by atoms with Crippen molar-refractivity contribution in [1.82, 2.24) is 25.9 Å². The second kappa shape index (κ2) is 13.6. The van der Waals surface area contributed by atoms with Crippen LogP contribution in [0.25, 0.3) is 0 Å². The third-order valence-electron chi connectivity index (χ3n) is 6.22. The summed E-state index contributed by atoms with van der Waals surface area (Å²) in [5.41, 5.74) is -1.40. The van der Waals surface area contributed by atoms with Crippen LogP contribution in [0, 0.1) is 5.92 Å². The average Bonchev–Trinajstić information content (AvgIpc) is 2.92. The van der Waals surface area contributed by atoms with E-state index in [0.29, 0.717) is 0 Å². The molecule has 1 aromatic heterocycles. The number of carboxylic acid groups (broad SMARTS) is 1. The highest BCUT2D eigenvalue weighted by Gasteiger charge is 2.54. The number of hydrogen-bond acceptors (Lipinski definition) is 9. The van der Waals surface area contributed by atoms with Crippen molar-refractivity contribution in [2.24, 2.45) is 5.92 Å². The summed E-state index contributed by atoms with van der Waals surface area (Å²) in [5, 5.41) is 17.7. The van der Waals surface area contributed by atoms with Crippen LogP contribution in [0.1, 0.15) is 49.2 Å². The van der Waals surface area contributed by atoms with Crippen molar-refractivity contribution >= 4 is 36.8 Å². The third-order valence-corrected chi connectivity index (χ3v) is 6.22. The number of rotatable bonds is 12. The van der Waals surface area contributed by atoms with Crippen LogP contribution >= 0.6 is 0 Å². The van der Waals surface area contributed by atoms with Crippen molar-refractivity contribution in [3.63, 3.8) is 0 Å². The fraction of sp³-hybridized carbons (Fsp3) is 0.423. The Morgan fingerprint density at radius 3 is 2.45 bits per heavy atom. The Hall–Kier alpha value is -4.33. The van der Waals surface area contributed by atoms with Crippen molar-refractivity contribution in [3.8, 4) is 0 Å². The first-order valence-corrected chi connectivity index (χ1v) is 12.8. The Morgan fingerprint density at radius 1 is 1.12 bits per heavy atom. The van der Waals surface area contributed by atoms with Gasteiger partial charge in [-0.25, -0.2) is 9.78 Å². The summed E-state index contributed by atoms with van der Waals surface area (Å²) < 4.78 is 11.1. The van der Waals surface area contributed by atoms with E-state index in [-0.39, 0.29) is 24.5 Å². The molecule has 212 valence electrons. The Labute approximate surface area is 231 Å². The van der Waals surface area contributed by atoms with Gasteiger partial charge in [-0.3, -0.25) is 24.2 Å². The average molecular weight is 553 g/mol. The molecule has 1 saturated heterocycles. The number of carbonyl (C=O) groups excluding carboxylic acids is 4. The molecule has 3 rings (SSSR count). The largest absolute Gasteiger partial charge is 0.552 e. The topological polar surface area (TPSA) is 186 Å². The van der Waals surface area contributed by atoms with Gasteiger partial charge in [0.25, 0.3) is 11.9 Å². The SMILES string of the molecule is CNC(=O)CC1(C(=O)O)CC(=O)OB([C@H](CC(C)C)NC(=O)C(Cc2ccccc2)NC(=O)c2cnccn2)O1. The molecule has 3 amide bonds. The van der Waals surface area contributed by atoms with Crippen molar-refractivity contribution in [1.29, 1.82) is 0 Å². The lowest BCUT2D eigenvalue weighted by Gasteiger charge is -2.38. The first-order valence-electron chi connectivity index (χ1n) is 12.8. The molecule has 2 heterocycles. The number of carbonyl (C=O) groups is 5. The van der Waals surface area contributed by atoms with Crippen molar-refractivity contribution < 1.29 is 38.4 Å². The van der Waals surface area contributed by atoms with Crippen LogP contribution in [-0.4, -0.2) is 76.5 Å². The fourth-order valence-corrected chi connectivity index (χ4v) is 4.25. The summed E-state index contributed by atoms with van der Waals surface area (Å²) in [6.45, 7) is 3.71. The number of benzene rings is 1. The molecule has 13 nitrogen and oxygen atoms in total. The molecule has 14 heteroatoms. The second-order valence-corrected chi connectivity index (χ2v) is 9.85. The van der Waals surface area contributed by atoms with Crippen molar-refractivity contribution in [2.45, 2.75) is 57.1 Å². The van der Waals surface area contributed by atoms with E-state index in [0.717, 1.165) is 5.56 Å². The number of hydrogen-bond donors (Lipinski definition) is 4. The quantitative estimate of drug-likeness (QED) is 0.266. The minimum Gasteiger partial charge on any atom is -0.508 e. The number of nitrogens with zero attached hydrogens (tertiary/aromatic N) is 2. The van der Waals surface area contributed by atoms with Crippen LogP contribution in [0.5, 0.6) is 0 Å². The molecule has 3 atom stereocenters. The van der Waals surface area contributed by atoms with Gasteiger partial charge in [0.1, 0.15) is 11.7 Å². The van der Waals surface area contributed by atoms with E-state index in [2.05, 4.69) is 25.9 Å². The predicted octanol–water partition coefficient (Wildman–Crippen LogP) is 0.299. The normalized spacial score (nSPS) is 18.3. The standard InChI is InChI=1S/C26H32BN5O8/c1-16(2)11-20(27-39-22(34)14-26(40-27,25(37)38)13-21(33)28-3)32-23(35)18(12-17-7-5-4-6-8-17)31-24(36)19-15-29-9-10-30-19/h4-10,15-16,18,20H,11-14H2,1-3H3,(H,28,33)(H,31,36)(H,32,35)(H,37,38)/t18?,20-,26?/m0/s1. The molecule has 0 spiro atoms. The summed E-state index contributed by atoms with van der Waals surface area (Å²) >= 11 is 0. The minimum absolute atomic E-state index is 0.0112. The van der Waals surface area contributed by atoms with Crippen molar-refractivity contribution in [2.75, 3.05) is 7.05 Å². The lowest BCUT2D eigenvalue weighted by molar-refractivity contribution is -0.172. The third kappa shape index (κ3) is 8.09. The van der Waals surface area contributed by atoms with Gasteiger partial charge in [-0.05, 0) is 17.9 Å². The predicted molar refractivity (Wildman–Crippen MR) is 141 cm³/mol. The summed E-state index contributed by atoms with van der Waals surface area (Å²) in [6.07, 6.45) is 3.07. The molecule has 1 fully saturated rings. The number of amides is 3. The molecule has 0 radical (unpaired) electrons. The highest BCUT2D eigenvalue weighted by Crippen LogP contribution is 2.30. The van der Waals surface area contributed by atoms with Gasteiger partial charge in [-0.2, -0.15) is 0 Å². The van der Waals surface area contributed by atoms with Crippen LogP contribution in [0.2, 0.25) is 0 Å². The molecule has 1 aliphatic rings. The van der Waals surface area contributed by atoms with Crippen LogP contribution in [0.15, 0.2) is 48.9 Å². The van der Waals surface area contributed by atoms with E-state index in [1.807, 2.05) is 19.9 Å². The molecule has 0 saturated carbocycles. The Balaban J connectivity index is 1.88. The molecular weight excluding hydrogens is 521 g/mol. The smallest absolute Gasteiger partial charge is 0.508 e. The van der Waals surface area contributed by atoms with E-state index < -0.39 is 67.2 Å². The summed E-state index contributed by atoms with van der Waals surface area (Å²) in [5.74, 6) is -5.33. The molecule has 2 aromatic rings. The minimum atomic E-state index is -2.18. The molecule has 0 bridgehead atoms. The van der Waals surface area contributed by atoms with E-state index >= 15 is 0 Å². The van der Waals surface area contributed by atoms with E-state index in [1.165, 1.54) is 25.6 Å². The zero-order valence-corrected chi connectivity index (χ0v) is 22.5. The van der Waals surface area contributed by atoms with Gasteiger partial charge in [0.05, 0.1) is 25.0 Å². The summed E-state index contributed by atoms with van der Waals surface area (Å²) in [6, 6.07) is 7.92. The van der Waals surface area contributed by atoms with Crippen LogP contribution < -0.4 is 16.0 Å². The van der Waals surface area contributed by atoms with Gasteiger partial charge in [-0.1, -0.05) is 44.2 Å². The maximum absolute atomic E-state index is 13.6. The molecule has 0 aliphatic carbocycles.